The fourth-order valence-corrected chi connectivity index (χ4v) is 3.27. The summed E-state index contributed by atoms with van der Waals surface area (Å²) >= 11 is 12.5. The zero-order valence-electron chi connectivity index (χ0n) is 14.4. The standard InChI is InChI=1S/C20H15Cl2N5/c1-13-17(20(22)27(26-13)15-5-3-2-4-6-15)12-24-25-18-9-10-23-19-11-14(21)7-8-16(18)19/h2-12H,1H3,(H,23,25)/b24-12+. The lowest BCUT2D eigenvalue weighted by molar-refractivity contribution is 0.863. The zero-order valence-corrected chi connectivity index (χ0v) is 15.9. The van der Waals surface area contributed by atoms with Crippen LogP contribution in [0.2, 0.25) is 10.2 Å². The summed E-state index contributed by atoms with van der Waals surface area (Å²) < 4.78 is 1.70. The molecule has 27 heavy (non-hydrogen) atoms. The maximum absolute atomic E-state index is 6.52. The first-order valence-corrected chi connectivity index (χ1v) is 9.03. The predicted molar refractivity (Wildman–Crippen MR) is 111 cm³/mol. The Morgan fingerprint density at radius 1 is 1.07 bits per heavy atom. The number of halogens is 2. The van der Waals surface area contributed by atoms with Crippen LogP contribution in [0.25, 0.3) is 16.6 Å². The number of hydrazone groups is 1. The van der Waals surface area contributed by atoms with E-state index in [0.717, 1.165) is 33.5 Å². The van der Waals surface area contributed by atoms with Gasteiger partial charge in [0.15, 0.2) is 0 Å². The lowest BCUT2D eigenvalue weighted by atomic mass is 10.2. The molecular weight excluding hydrogens is 381 g/mol. The molecule has 2 heterocycles. The van der Waals surface area contributed by atoms with E-state index in [1.165, 1.54) is 0 Å². The van der Waals surface area contributed by atoms with Crippen molar-refractivity contribution in [2.75, 3.05) is 5.43 Å². The monoisotopic (exact) mass is 395 g/mol. The van der Waals surface area contributed by atoms with Gasteiger partial charge in [-0.1, -0.05) is 41.4 Å². The highest BCUT2D eigenvalue weighted by molar-refractivity contribution is 6.32. The Bertz CT molecular complexity index is 1140. The highest BCUT2D eigenvalue weighted by Crippen LogP contribution is 2.25. The largest absolute Gasteiger partial charge is 0.278 e. The van der Waals surface area contributed by atoms with Gasteiger partial charge in [0, 0.05) is 16.6 Å². The Morgan fingerprint density at radius 3 is 2.70 bits per heavy atom. The van der Waals surface area contributed by atoms with Crippen LogP contribution in [0.1, 0.15) is 11.3 Å². The number of nitrogens with zero attached hydrogens (tertiary/aromatic N) is 4. The van der Waals surface area contributed by atoms with Crippen LogP contribution in [-0.2, 0) is 0 Å². The molecule has 0 spiro atoms. The van der Waals surface area contributed by atoms with Crippen molar-refractivity contribution in [3.63, 3.8) is 0 Å². The second-order valence-corrected chi connectivity index (χ2v) is 6.72. The summed E-state index contributed by atoms with van der Waals surface area (Å²) in [5, 5.41) is 10.9. The average molecular weight is 396 g/mol. The van der Waals surface area contributed by atoms with E-state index in [2.05, 4.69) is 20.6 Å². The molecule has 4 rings (SSSR count). The second-order valence-electron chi connectivity index (χ2n) is 5.93. The van der Waals surface area contributed by atoms with Crippen molar-refractivity contribution in [1.82, 2.24) is 14.8 Å². The van der Waals surface area contributed by atoms with Gasteiger partial charge in [0.1, 0.15) is 5.15 Å². The summed E-state index contributed by atoms with van der Waals surface area (Å²) in [7, 11) is 0. The Morgan fingerprint density at radius 2 is 1.89 bits per heavy atom. The van der Waals surface area contributed by atoms with E-state index >= 15 is 0 Å². The SMILES string of the molecule is Cc1nn(-c2ccccc2)c(Cl)c1/C=N/Nc1ccnc2cc(Cl)ccc12. The number of aromatic nitrogens is 3. The third-order valence-corrected chi connectivity index (χ3v) is 4.73. The molecule has 4 aromatic rings. The summed E-state index contributed by atoms with van der Waals surface area (Å²) in [6.45, 7) is 1.90. The first-order valence-electron chi connectivity index (χ1n) is 8.27. The molecule has 7 heteroatoms. The van der Waals surface area contributed by atoms with Gasteiger partial charge in [-0.3, -0.25) is 10.4 Å². The summed E-state index contributed by atoms with van der Waals surface area (Å²) in [4.78, 5) is 4.32. The van der Waals surface area contributed by atoms with Crippen molar-refractivity contribution in [1.29, 1.82) is 0 Å². The number of hydrogen-bond donors (Lipinski definition) is 1. The van der Waals surface area contributed by atoms with Crippen LogP contribution < -0.4 is 5.43 Å². The van der Waals surface area contributed by atoms with Gasteiger partial charge in [-0.05, 0) is 43.3 Å². The molecule has 0 unspecified atom stereocenters. The Balaban J connectivity index is 1.62. The zero-order chi connectivity index (χ0) is 18.8. The average Bonchev–Trinajstić information content (AvgIpc) is 2.96. The molecule has 0 aliphatic carbocycles. The fraction of sp³-hybridized carbons (Fsp3) is 0.0500. The minimum Gasteiger partial charge on any atom is -0.278 e. The smallest absolute Gasteiger partial charge is 0.142 e. The number of fused-ring (bicyclic) bond motifs is 1. The van der Waals surface area contributed by atoms with Gasteiger partial charge in [0.25, 0.3) is 0 Å². The lowest BCUT2D eigenvalue weighted by Gasteiger charge is -2.05. The van der Waals surface area contributed by atoms with E-state index in [-0.39, 0.29) is 0 Å². The maximum Gasteiger partial charge on any atom is 0.142 e. The molecule has 134 valence electrons. The van der Waals surface area contributed by atoms with Crippen LogP contribution in [-0.4, -0.2) is 21.0 Å². The molecule has 0 aliphatic heterocycles. The van der Waals surface area contributed by atoms with E-state index < -0.39 is 0 Å². The van der Waals surface area contributed by atoms with Crippen molar-refractivity contribution < 1.29 is 0 Å². The Kier molecular flexibility index (Phi) is 4.79. The molecule has 0 radical (unpaired) electrons. The van der Waals surface area contributed by atoms with Crippen LogP contribution >= 0.6 is 23.2 Å². The fourth-order valence-electron chi connectivity index (χ4n) is 2.78. The predicted octanol–water partition coefficient (Wildman–Crippen LogP) is 5.48. The van der Waals surface area contributed by atoms with Crippen LogP contribution in [0.5, 0.6) is 0 Å². The van der Waals surface area contributed by atoms with Crippen molar-refractivity contribution in [2.45, 2.75) is 6.92 Å². The normalized spacial score (nSPS) is 11.4. The lowest BCUT2D eigenvalue weighted by Crippen LogP contribution is -1.96. The molecule has 0 atom stereocenters. The Labute approximate surface area is 166 Å². The highest BCUT2D eigenvalue weighted by atomic mass is 35.5. The number of nitrogens with one attached hydrogen (secondary N) is 1. The van der Waals surface area contributed by atoms with Crippen LogP contribution in [0.15, 0.2) is 65.9 Å². The molecule has 0 aliphatic rings. The van der Waals surface area contributed by atoms with Crippen LogP contribution in [0.3, 0.4) is 0 Å². The van der Waals surface area contributed by atoms with Crippen molar-refractivity contribution in [3.8, 4) is 5.69 Å². The van der Waals surface area contributed by atoms with Gasteiger partial charge < -0.3 is 0 Å². The number of para-hydroxylation sites is 1. The van der Waals surface area contributed by atoms with E-state index in [1.54, 1.807) is 17.1 Å². The number of hydrogen-bond acceptors (Lipinski definition) is 4. The van der Waals surface area contributed by atoms with Crippen LogP contribution in [0.4, 0.5) is 5.69 Å². The summed E-state index contributed by atoms with van der Waals surface area (Å²) in [5.74, 6) is 0. The van der Waals surface area contributed by atoms with Gasteiger partial charge in [-0.15, -0.1) is 0 Å². The molecule has 1 N–H and O–H groups in total. The number of benzene rings is 2. The summed E-state index contributed by atoms with van der Waals surface area (Å²) in [6.07, 6.45) is 3.38. The van der Waals surface area contributed by atoms with Gasteiger partial charge in [-0.25, -0.2) is 4.68 Å². The molecule has 0 bridgehead atoms. The second kappa shape index (κ2) is 7.39. The molecule has 2 aromatic carbocycles. The first-order chi connectivity index (χ1) is 13.1. The third-order valence-electron chi connectivity index (χ3n) is 4.13. The van der Waals surface area contributed by atoms with Crippen molar-refractivity contribution in [2.24, 2.45) is 5.10 Å². The van der Waals surface area contributed by atoms with Crippen molar-refractivity contribution >= 4 is 46.0 Å². The highest BCUT2D eigenvalue weighted by Gasteiger charge is 2.13. The summed E-state index contributed by atoms with van der Waals surface area (Å²) in [5.41, 5.74) is 7.13. The molecule has 2 aromatic heterocycles. The number of pyridine rings is 1. The first kappa shape index (κ1) is 17.5. The molecule has 0 saturated heterocycles. The topological polar surface area (TPSA) is 55.1 Å². The molecule has 5 nitrogen and oxygen atoms in total. The number of anilines is 1. The maximum atomic E-state index is 6.52. The van der Waals surface area contributed by atoms with Gasteiger partial charge in [-0.2, -0.15) is 10.2 Å². The van der Waals surface area contributed by atoms with Gasteiger partial charge >= 0.3 is 0 Å². The number of rotatable bonds is 4. The van der Waals surface area contributed by atoms with Crippen LogP contribution in [0, 0.1) is 6.92 Å². The van der Waals surface area contributed by atoms with E-state index in [4.69, 9.17) is 23.2 Å². The van der Waals surface area contributed by atoms with E-state index in [1.807, 2.05) is 61.5 Å². The quantitative estimate of drug-likeness (QED) is 0.367. The summed E-state index contributed by atoms with van der Waals surface area (Å²) in [6, 6.07) is 17.1. The minimum absolute atomic E-state index is 0.510. The van der Waals surface area contributed by atoms with Gasteiger partial charge in [0.05, 0.1) is 34.4 Å². The molecular formula is C20H15Cl2N5. The van der Waals surface area contributed by atoms with Gasteiger partial charge in [0.2, 0.25) is 0 Å². The van der Waals surface area contributed by atoms with E-state index in [9.17, 15) is 0 Å². The minimum atomic E-state index is 0.510. The molecule has 0 amide bonds. The third kappa shape index (κ3) is 3.52. The Hall–Kier alpha value is -2.89. The molecule has 0 fully saturated rings. The number of aryl methyl sites for hydroxylation is 1. The molecule has 0 saturated carbocycles. The van der Waals surface area contributed by atoms with Crippen molar-refractivity contribution in [3.05, 3.63) is 82.2 Å². The van der Waals surface area contributed by atoms with E-state index in [0.29, 0.717) is 10.2 Å².